The van der Waals surface area contributed by atoms with Gasteiger partial charge in [-0.05, 0) is 61.0 Å². The first-order valence-electron chi connectivity index (χ1n) is 9.28. The number of ether oxygens (including phenoxy) is 1. The van der Waals surface area contributed by atoms with Crippen LogP contribution in [0, 0.1) is 12.7 Å². The Morgan fingerprint density at radius 3 is 2.58 bits per heavy atom. The van der Waals surface area contributed by atoms with Crippen LogP contribution in [-0.4, -0.2) is 23.9 Å². The van der Waals surface area contributed by atoms with Crippen LogP contribution in [-0.2, 0) is 9.59 Å². The van der Waals surface area contributed by atoms with Gasteiger partial charge in [-0.3, -0.25) is 14.5 Å². The molecule has 8 heteroatoms. The summed E-state index contributed by atoms with van der Waals surface area (Å²) in [7, 11) is 1.53. The maximum atomic E-state index is 13.7. The Balaban J connectivity index is 1.91. The van der Waals surface area contributed by atoms with E-state index in [1.165, 1.54) is 25.5 Å². The van der Waals surface area contributed by atoms with Crippen molar-refractivity contribution >= 4 is 34.7 Å². The standard InChI is InChI=1S/C23H17ClFNO5/c1-12-10-13(5-8-17(12)30-2)21(27)19-20(18-4-3-9-31-18)26(23(29)22(19)28)14-6-7-16(25)15(24)11-14/h3-11,20,27H,1-2H3/b21-19-. The zero-order valence-electron chi connectivity index (χ0n) is 16.6. The largest absolute Gasteiger partial charge is 0.507 e. The first kappa shape index (κ1) is 20.7. The molecule has 1 aliphatic rings. The maximum absolute atomic E-state index is 13.7. The number of benzene rings is 2. The minimum Gasteiger partial charge on any atom is -0.507 e. The van der Waals surface area contributed by atoms with Gasteiger partial charge in [0.05, 0.1) is 24.0 Å². The molecule has 0 saturated carbocycles. The lowest BCUT2D eigenvalue weighted by Crippen LogP contribution is -2.29. The molecule has 1 aromatic heterocycles. The number of furan rings is 1. The minimum atomic E-state index is -1.06. The number of halogens is 2. The van der Waals surface area contributed by atoms with Crippen molar-refractivity contribution < 1.29 is 28.2 Å². The van der Waals surface area contributed by atoms with Crippen molar-refractivity contribution in [1.29, 1.82) is 0 Å². The molecule has 31 heavy (non-hydrogen) atoms. The van der Waals surface area contributed by atoms with E-state index in [-0.39, 0.29) is 27.8 Å². The number of aliphatic hydroxyl groups is 1. The van der Waals surface area contributed by atoms with Crippen LogP contribution in [0.3, 0.4) is 0 Å². The molecule has 0 radical (unpaired) electrons. The lowest BCUT2D eigenvalue weighted by Gasteiger charge is -2.23. The van der Waals surface area contributed by atoms with Gasteiger partial charge in [-0.1, -0.05) is 11.6 Å². The summed E-state index contributed by atoms with van der Waals surface area (Å²) in [4.78, 5) is 27.1. The molecule has 1 fully saturated rings. The summed E-state index contributed by atoms with van der Waals surface area (Å²) in [5.41, 5.74) is 1.12. The van der Waals surface area contributed by atoms with E-state index >= 15 is 0 Å². The van der Waals surface area contributed by atoms with Crippen LogP contribution >= 0.6 is 11.6 Å². The number of ketones is 1. The van der Waals surface area contributed by atoms with Crippen LogP contribution in [0.5, 0.6) is 5.75 Å². The SMILES string of the molecule is COc1ccc(/C(O)=C2/C(=O)C(=O)N(c3ccc(F)c(Cl)c3)C2c2ccco2)cc1C. The zero-order chi connectivity index (χ0) is 22.3. The highest BCUT2D eigenvalue weighted by molar-refractivity contribution is 6.51. The van der Waals surface area contributed by atoms with Crippen molar-refractivity contribution in [1.82, 2.24) is 0 Å². The first-order chi connectivity index (χ1) is 14.8. The van der Waals surface area contributed by atoms with Gasteiger partial charge in [0.15, 0.2) is 0 Å². The van der Waals surface area contributed by atoms with Gasteiger partial charge in [0.2, 0.25) is 0 Å². The number of aliphatic hydroxyl groups excluding tert-OH is 1. The molecule has 3 aromatic rings. The summed E-state index contributed by atoms with van der Waals surface area (Å²) < 4.78 is 24.4. The second kappa shape index (κ2) is 7.92. The van der Waals surface area contributed by atoms with Crippen LogP contribution in [0.1, 0.15) is 22.9 Å². The summed E-state index contributed by atoms with van der Waals surface area (Å²) >= 11 is 5.90. The van der Waals surface area contributed by atoms with Crippen LogP contribution in [0.2, 0.25) is 5.02 Å². The third kappa shape index (κ3) is 3.47. The number of carbonyl (C=O) groups excluding carboxylic acids is 2. The Hall–Kier alpha value is -3.58. The maximum Gasteiger partial charge on any atom is 0.300 e. The van der Waals surface area contributed by atoms with Crippen LogP contribution < -0.4 is 9.64 Å². The molecule has 0 bridgehead atoms. The van der Waals surface area contributed by atoms with Gasteiger partial charge < -0.3 is 14.3 Å². The fourth-order valence-corrected chi connectivity index (χ4v) is 3.81. The van der Waals surface area contributed by atoms with Crippen LogP contribution in [0.25, 0.3) is 5.76 Å². The summed E-state index contributed by atoms with van der Waals surface area (Å²) in [6.07, 6.45) is 1.39. The summed E-state index contributed by atoms with van der Waals surface area (Å²) in [5, 5.41) is 10.8. The van der Waals surface area contributed by atoms with Crippen molar-refractivity contribution in [2.24, 2.45) is 0 Å². The third-order valence-corrected chi connectivity index (χ3v) is 5.40. The average Bonchev–Trinajstić information content (AvgIpc) is 3.37. The molecular weight excluding hydrogens is 425 g/mol. The Bertz CT molecular complexity index is 1220. The summed E-state index contributed by atoms with van der Waals surface area (Å²) in [6.45, 7) is 1.79. The van der Waals surface area contributed by atoms with Crippen molar-refractivity contribution in [3.05, 3.63) is 88.1 Å². The fourth-order valence-electron chi connectivity index (χ4n) is 3.63. The predicted octanol–water partition coefficient (Wildman–Crippen LogP) is 5.02. The number of hydrogen-bond acceptors (Lipinski definition) is 5. The van der Waals surface area contributed by atoms with Gasteiger partial charge in [-0.2, -0.15) is 0 Å². The quantitative estimate of drug-likeness (QED) is 0.349. The lowest BCUT2D eigenvalue weighted by molar-refractivity contribution is -0.132. The smallest absolute Gasteiger partial charge is 0.300 e. The third-order valence-electron chi connectivity index (χ3n) is 5.11. The molecule has 0 spiro atoms. The van der Waals surface area contributed by atoms with E-state index in [1.54, 1.807) is 37.3 Å². The van der Waals surface area contributed by atoms with Gasteiger partial charge >= 0.3 is 0 Å². The molecule has 1 atom stereocenters. The van der Waals surface area contributed by atoms with E-state index in [0.717, 1.165) is 16.5 Å². The topological polar surface area (TPSA) is 80.0 Å². The van der Waals surface area contributed by atoms with Gasteiger partial charge in [0.1, 0.15) is 29.1 Å². The molecule has 1 saturated heterocycles. The number of aryl methyl sites for hydroxylation is 1. The number of amides is 1. The van der Waals surface area contributed by atoms with Crippen LogP contribution in [0.4, 0.5) is 10.1 Å². The molecule has 2 aromatic carbocycles. The molecule has 4 rings (SSSR count). The van der Waals surface area contributed by atoms with Crippen molar-refractivity contribution in [2.75, 3.05) is 12.0 Å². The highest BCUT2D eigenvalue weighted by Crippen LogP contribution is 2.43. The van der Waals surface area contributed by atoms with E-state index in [2.05, 4.69) is 0 Å². The van der Waals surface area contributed by atoms with E-state index in [0.29, 0.717) is 11.3 Å². The van der Waals surface area contributed by atoms with E-state index < -0.39 is 23.5 Å². The molecule has 6 nitrogen and oxygen atoms in total. The van der Waals surface area contributed by atoms with Crippen molar-refractivity contribution in [3.63, 3.8) is 0 Å². The van der Waals surface area contributed by atoms with Gasteiger partial charge in [0.25, 0.3) is 11.7 Å². The number of nitrogens with zero attached hydrogens (tertiary/aromatic N) is 1. The predicted molar refractivity (Wildman–Crippen MR) is 113 cm³/mol. The second-order valence-electron chi connectivity index (χ2n) is 6.97. The van der Waals surface area contributed by atoms with Gasteiger partial charge in [-0.25, -0.2) is 4.39 Å². The molecule has 1 N–H and O–H groups in total. The highest BCUT2D eigenvalue weighted by Gasteiger charge is 2.48. The molecule has 2 heterocycles. The Kier molecular flexibility index (Phi) is 5.29. The molecular formula is C23H17ClFNO5. The number of anilines is 1. The first-order valence-corrected chi connectivity index (χ1v) is 9.65. The second-order valence-corrected chi connectivity index (χ2v) is 7.37. The zero-order valence-corrected chi connectivity index (χ0v) is 17.3. The number of hydrogen-bond donors (Lipinski definition) is 1. The Morgan fingerprint density at radius 1 is 1.19 bits per heavy atom. The van der Waals surface area contributed by atoms with Crippen LogP contribution in [0.15, 0.2) is 64.8 Å². The van der Waals surface area contributed by atoms with E-state index in [1.807, 2.05) is 0 Å². The van der Waals surface area contributed by atoms with E-state index in [4.69, 9.17) is 20.8 Å². The summed E-state index contributed by atoms with van der Waals surface area (Å²) in [6, 6.07) is 10.7. The monoisotopic (exact) mass is 441 g/mol. The fraction of sp³-hybridized carbons (Fsp3) is 0.130. The lowest BCUT2D eigenvalue weighted by atomic mass is 9.98. The highest BCUT2D eigenvalue weighted by atomic mass is 35.5. The number of Topliss-reactive ketones (excluding diaryl/α,β-unsaturated/α-hetero) is 1. The van der Waals surface area contributed by atoms with Gasteiger partial charge in [0, 0.05) is 11.3 Å². The average molecular weight is 442 g/mol. The van der Waals surface area contributed by atoms with Crippen molar-refractivity contribution in [2.45, 2.75) is 13.0 Å². The number of carbonyl (C=O) groups is 2. The molecule has 158 valence electrons. The minimum absolute atomic E-state index is 0.148. The number of methoxy groups -OCH3 is 1. The summed E-state index contributed by atoms with van der Waals surface area (Å²) in [5.74, 6) is -1.94. The molecule has 0 aliphatic carbocycles. The molecule has 1 unspecified atom stereocenters. The van der Waals surface area contributed by atoms with Crippen molar-refractivity contribution in [3.8, 4) is 5.75 Å². The molecule has 1 aliphatic heterocycles. The Morgan fingerprint density at radius 2 is 1.97 bits per heavy atom. The Labute approximate surface area is 182 Å². The van der Waals surface area contributed by atoms with E-state index in [9.17, 15) is 19.1 Å². The normalized spacial score (nSPS) is 17.9. The molecule has 1 amide bonds. The number of rotatable bonds is 4. The van der Waals surface area contributed by atoms with Gasteiger partial charge in [-0.15, -0.1) is 0 Å².